The molecule has 0 fully saturated rings. The molecule has 3 rings (SSSR count). The Balaban J connectivity index is 2.42. The van der Waals surface area contributed by atoms with Crippen molar-refractivity contribution in [3.05, 3.63) is 34.0 Å². The fraction of sp³-hybridized carbons (Fsp3) is 0.167. The molecule has 2 heterocycles. The van der Waals surface area contributed by atoms with Gasteiger partial charge >= 0.3 is 6.16 Å². The second-order valence-corrected chi connectivity index (χ2v) is 5.51. The first-order chi connectivity index (χ1) is 9.40. The van der Waals surface area contributed by atoms with E-state index in [0.717, 1.165) is 12.1 Å². The maximum Gasteiger partial charge on any atom is 0.511 e. The molecule has 0 aliphatic carbocycles. The second kappa shape index (κ2) is 4.20. The Hall–Kier alpha value is -2.09. The van der Waals surface area contributed by atoms with Crippen molar-refractivity contribution >= 4 is 28.8 Å². The van der Waals surface area contributed by atoms with E-state index < -0.39 is 23.2 Å². The minimum atomic E-state index is -1.63. The molecule has 0 saturated heterocycles. The number of carboxylic acid groups (broad SMARTS) is 1. The van der Waals surface area contributed by atoms with Gasteiger partial charge in [-0.2, -0.15) is 0 Å². The SMILES string of the molecule is CC1Sc2c(OC(=O)O)c(=O)c3cc(F)c(F)cc3n21. The first kappa shape index (κ1) is 12.9. The zero-order chi connectivity index (χ0) is 14.6. The number of fused-ring (bicyclic) bond motifs is 3. The Morgan fingerprint density at radius 3 is 2.65 bits per heavy atom. The van der Waals surface area contributed by atoms with E-state index in [1.54, 1.807) is 11.5 Å². The number of thioether (sulfide) groups is 1. The largest absolute Gasteiger partial charge is 0.511 e. The summed E-state index contributed by atoms with van der Waals surface area (Å²) in [6.45, 7) is 1.79. The van der Waals surface area contributed by atoms with Crippen molar-refractivity contribution in [3.63, 3.8) is 0 Å². The Kier molecular flexibility index (Phi) is 2.72. The van der Waals surface area contributed by atoms with Crippen molar-refractivity contribution in [1.29, 1.82) is 0 Å². The minimum Gasteiger partial charge on any atom is -0.449 e. The lowest BCUT2D eigenvalue weighted by molar-refractivity contribution is 0.142. The molecular weight excluding hydrogens is 292 g/mol. The average molecular weight is 299 g/mol. The first-order valence-corrected chi connectivity index (χ1v) is 6.43. The molecule has 1 aromatic carbocycles. The van der Waals surface area contributed by atoms with Crippen LogP contribution < -0.4 is 10.2 Å². The maximum atomic E-state index is 13.3. The number of carbonyl (C=O) groups is 1. The van der Waals surface area contributed by atoms with Crippen LogP contribution in [-0.4, -0.2) is 15.8 Å². The summed E-state index contributed by atoms with van der Waals surface area (Å²) in [6.07, 6.45) is -1.63. The van der Waals surface area contributed by atoms with Crippen LogP contribution in [-0.2, 0) is 0 Å². The maximum absolute atomic E-state index is 13.3. The van der Waals surface area contributed by atoms with Crippen molar-refractivity contribution in [2.24, 2.45) is 0 Å². The number of nitrogens with zero attached hydrogens (tertiary/aromatic N) is 1. The molecule has 1 unspecified atom stereocenters. The van der Waals surface area contributed by atoms with Crippen LogP contribution in [0.2, 0.25) is 0 Å². The van der Waals surface area contributed by atoms with E-state index in [2.05, 4.69) is 4.74 Å². The van der Waals surface area contributed by atoms with E-state index in [1.165, 1.54) is 11.8 Å². The Morgan fingerprint density at radius 2 is 2.05 bits per heavy atom. The second-order valence-electron chi connectivity index (χ2n) is 4.20. The van der Waals surface area contributed by atoms with Crippen molar-refractivity contribution in [3.8, 4) is 5.75 Å². The number of ether oxygens (including phenoxy) is 1. The van der Waals surface area contributed by atoms with E-state index in [-0.39, 0.29) is 22.0 Å². The number of hydrogen-bond donors (Lipinski definition) is 1. The van der Waals surface area contributed by atoms with Gasteiger partial charge < -0.3 is 14.4 Å². The first-order valence-electron chi connectivity index (χ1n) is 5.55. The Morgan fingerprint density at radius 1 is 1.40 bits per heavy atom. The van der Waals surface area contributed by atoms with Crippen LogP contribution in [0.4, 0.5) is 13.6 Å². The fourth-order valence-corrected chi connectivity index (χ4v) is 3.27. The highest BCUT2D eigenvalue weighted by Gasteiger charge is 2.32. The van der Waals surface area contributed by atoms with E-state index in [9.17, 15) is 18.4 Å². The van der Waals surface area contributed by atoms with Crippen molar-refractivity contribution in [1.82, 2.24) is 4.57 Å². The topological polar surface area (TPSA) is 68.5 Å². The predicted octanol–water partition coefficient (Wildman–Crippen LogP) is 2.96. The lowest BCUT2D eigenvalue weighted by atomic mass is 10.2. The zero-order valence-corrected chi connectivity index (χ0v) is 10.8. The van der Waals surface area contributed by atoms with Gasteiger partial charge in [0, 0.05) is 6.07 Å². The van der Waals surface area contributed by atoms with Gasteiger partial charge in [0.25, 0.3) is 0 Å². The summed E-state index contributed by atoms with van der Waals surface area (Å²) in [4.78, 5) is 22.8. The van der Waals surface area contributed by atoms with Gasteiger partial charge in [0.1, 0.15) is 5.03 Å². The fourth-order valence-electron chi connectivity index (χ4n) is 2.17. The van der Waals surface area contributed by atoms with E-state index >= 15 is 0 Å². The highest BCUT2D eigenvalue weighted by Crippen LogP contribution is 2.48. The van der Waals surface area contributed by atoms with Gasteiger partial charge in [-0.05, 0) is 13.0 Å². The van der Waals surface area contributed by atoms with E-state index in [4.69, 9.17) is 5.11 Å². The molecule has 0 saturated carbocycles. The predicted molar refractivity (Wildman–Crippen MR) is 67.3 cm³/mol. The summed E-state index contributed by atoms with van der Waals surface area (Å²) in [5.41, 5.74) is -0.556. The van der Waals surface area contributed by atoms with Gasteiger partial charge in [-0.15, -0.1) is 0 Å². The summed E-state index contributed by atoms with van der Waals surface area (Å²) in [5, 5.41) is 8.70. The normalized spacial score (nSPS) is 16.6. The van der Waals surface area contributed by atoms with Gasteiger partial charge in [0.2, 0.25) is 11.2 Å². The molecule has 1 aliphatic rings. The summed E-state index contributed by atoms with van der Waals surface area (Å²) in [6, 6.07) is 1.68. The third kappa shape index (κ3) is 1.68. The van der Waals surface area contributed by atoms with Crippen LogP contribution in [0, 0.1) is 11.6 Å². The van der Waals surface area contributed by atoms with Gasteiger partial charge in [-0.25, -0.2) is 13.6 Å². The number of halogens is 2. The molecule has 1 N–H and O–H groups in total. The third-order valence-corrected chi connectivity index (χ3v) is 4.15. The highest BCUT2D eigenvalue weighted by molar-refractivity contribution is 8.00. The standard InChI is InChI=1S/C12H7F2NO4S/c1-4-15-8-3-7(14)6(13)2-5(8)9(16)10(11(15)20-4)19-12(17)18/h2-4H,1H3,(H,17,18). The quantitative estimate of drug-likeness (QED) is 0.820. The van der Waals surface area contributed by atoms with Crippen molar-refractivity contribution < 1.29 is 23.4 Å². The lowest BCUT2D eigenvalue weighted by Gasteiger charge is -2.32. The van der Waals surface area contributed by atoms with Crippen LogP contribution in [0.15, 0.2) is 22.0 Å². The van der Waals surface area contributed by atoms with Crippen molar-refractivity contribution in [2.45, 2.75) is 17.3 Å². The van der Waals surface area contributed by atoms with Gasteiger partial charge in [0.05, 0.1) is 16.3 Å². The Bertz CT molecular complexity index is 817. The van der Waals surface area contributed by atoms with Gasteiger partial charge in [-0.3, -0.25) is 4.79 Å². The van der Waals surface area contributed by atoms with Crippen LogP contribution in [0.1, 0.15) is 12.3 Å². The van der Waals surface area contributed by atoms with Crippen LogP contribution in [0.3, 0.4) is 0 Å². The molecule has 104 valence electrons. The third-order valence-electron chi connectivity index (χ3n) is 3.00. The minimum absolute atomic E-state index is 0.115. The van der Waals surface area contributed by atoms with Gasteiger partial charge in [-0.1, -0.05) is 11.8 Å². The number of benzene rings is 1. The zero-order valence-electron chi connectivity index (χ0n) is 10.0. The molecule has 0 amide bonds. The number of hydrogen-bond acceptors (Lipinski definition) is 4. The lowest BCUT2D eigenvalue weighted by Crippen LogP contribution is -2.25. The molecule has 0 radical (unpaired) electrons. The van der Waals surface area contributed by atoms with Crippen LogP contribution in [0.5, 0.6) is 5.75 Å². The molecule has 2 aromatic rings. The molecule has 1 aromatic heterocycles. The highest BCUT2D eigenvalue weighted by atomic mass is 32.2. The molecule has 0 bridgehead atoms. The number of rotatable bonds is 1. The number of aromatic nitrogens is 1. The average Bonchev–Trinajstić information content (AvgIpc) is 2.35. The van der Waals surface area contributed by atoms with E-state index in [1.807, 2.05) is 0 Å². The van der Waals surface area contributed by atoms with Crippen LogP contribution in [0.25, 0.3) is 10.9 Å². The molecule has 5 nitrogen and oxygen atoms in total. The molecule has 1 atom stereocenters. The van der Waals surface area contributed by atoms with Gasteiger partial charge in [0.15, 0.2) is 11.6 Å². The monoisotopic (exact) mass is 299 g/mol. The van der Waals surface area contributed by atoms with Crippen molar-refractivity contribution in [2.75, 3.05) is 0 Å². The van der Waals surface area contributed by atoms with Crippen LogP contribution >= 0.6 is 11.8 Å². The molecule has 20 heavy (non-hydrogen) atoms. The molecular formula is C12H7F2NO4S. The molecule has 8 heteroatoms. The Labute approximate surface area is 114 Å². The summed E-state index contributed by atoms with van der Waals surface area (Å²) in [7, 11) is 0. The summed E-state index contributed by atoms with van der Waals surface area (Å²) >= 11 is 1.22. The summed E-state index contributed by atoms with van der Waals surface area (Å²) < 4.78 is 32.6. The number of pyridine rings is 1. The molecule has 1 aliphatic heterocycles. The smallest absolute Gasteiger partial charge is 0.449 e. The molecule has 0 spiro atoms. The van der Waals surface area contributed by atoms with E-state index in [0.29, 0.717) is 5.03 Å². The summed E-state index contributed by atoms with van der Waals surface area (Å²) in [5.74, 6) is -2.61.